The number of ether oxygens (including phenoxy) is 2. The van der Waals surface area contributed by atoms with Crippen molar-refractivity contribution < 1.29 is 14.3 Å². The SMILES string of the molecule is CCCCCCCOc1ccccc1C1Nc2ccccc2C(=O)N1CCOC. The van der Waals surface area contributed by atoms with Crippen LogP contribution in [0.3, 0.4) is 0 Å². The van der Waals surface area contributed by atoms with E-state index in [0.717, 1.165) is 23.4 Å². The lowest BCUT2D eigenvalue weighted by Gasteiger charge is -2.38. The lowest BCUT2D eigenvalue weighted by atomic mass is 10.0. The summed E-state index contributed by atoms with van der Waals surface area (Å²) in [5, 5.41) is 3.53. The second-order valence-electron chi connectivity index (χ2n) is 7.38. The Labute approximate surface area is 174 Å². The molecule has 0 bridgehead atoms. The number of hydrogen-bond donors (Lipinski definition) is 1. The monoisotopic (exact) mass is 396 g/mol. The number of para-hydroxylation sites is 2. The Morgan fingerprint density at radius 3 is 2.55 bits per heavy atom. The Kier molecular flexibility index (Phi) is 7.94. The number of carbonyl (C=O) groups is 1. The van der Waals surface area contributed by atoms with Crippen LogP contribution in [-0.2, 0) is 4.74 Å². The number of carbonyl (C=O) groups excluding carboxylic acids is 1. The summed E-state index contributed by atoms with van der Waals surface area (Å²) >= 11 is 0. The molecule has 1 aliphatic heterocycles. The highest BCUT2D eigenvalue weighted by atomic mass is 16.5. The van der Waals surface area contributed by atoms with Gasteiger partial charge in [0.2, 0.25) is 0 Å². The van der Waals surface area contributed by atoms with Crippen LogP contribution < -0.4 is 10.1 Å². The molecule has 0 spiro atoms. The summed E-state index contributed by atoms with van der Waals surface area (Å²) in [5.41, 5.74) is 2.51. The molecule has 5 heteroatoms. The van der Waals surface area contributed by atoms with E-state index in [-0.39, 0.29) is 12.1 Å². The van der Waals surface area contributed by atoms with E-state index in [1.54, 1.807) is 7.11 Å². The standard InChI is InChI=1S/C24H32N2O3/c1-3-4-5-6-11-17-29-22-15-10-8-13-20(22)23-25-21-14-9-7-12-19(21)24(27)26(23)16-18-28-2/h7-10,12-15,23,25H,3-6,11,16-18H2,1-2H3. The van der Waals surface area contributed by atoms with Gasteiger partial charge in [0.1, 0.15) is 11.9 Å². The third kappa shape index (κ3) is 5.30. The first-order chi connectivity index (χ1) is 14.3. The van der Waals surface area contributed by atoms with Gasteiger partial charge in [0.15, 0.2) is 0 Å². The number of hydrogen-bond acceptors (Lipinski definition) is 4. The van der Waals surface area contributed by atoms with Crippen molar-refractivity contribution in [1.29, 1.82) is 0 Å². The number of nitrogens with zero attached hydrogens (tertiary/aromatic N) is 1. The van der Waals surface area contributed by atoms with E-state index in [4.69, 9.17) is 9.47 Å². The second kappa shape index (κ2) is 10.9. The minimum Gasteiger partial charge on any atom is -0.493 e. The molecular formula is C24H32N2O3. The molecule has 3 rings (SSSR count). The molecule has 1 amide bonds. The molecule has 0 saturated heterocycles. The highest BCUT2D eigenvalue weighted by molar-refractivity contribution is 6.01. The summed E-state index contributed by atoms with van der Waals surface area (Å²) < 4.78 is 11.4. The van der Waals surface area contributed by atoms with Crippen LogP contribution in [0.15, 0.2) is 48.5 Å². The molecule has 1 aliphatic rings. The van der Waals surface area contributed by atoms with E-state index >= 15 is 0 Å². The number of methoxy groups -OCH3 is 1. The average molecular weight is 397 g/mol. The zero-order valence-corrected chi connectivity index (χ0v) is 17.5. The van der Waals surface area contributed by atoms with E-state index in [9.17, 15) is 4.79 Å². The van der Waals surface area contributed by atoms with Crippen molar-refractivity contribution in [2.24, 2.45) is 0 Å². The number of benzene rings is 2. The molecule has 156 valence electrons. The first kappa shape index (κ1) is 21.2. The van der Waals surface area contributed by atoms with Gasteiger partial charge in [-0.05, 0) is 24.6 Å². The average Bonchev–Trinajstić information content (AvgIpc) is 2.76. The van der Waals surface area contributed by atoms with Crippen molar-refractivity contribution in [2.45, 2.75) is 45.2 Å². The topological polar surface area (TPSA) is 50.8 Å². The molecule has 1 heterocycles. The van der Waals surface area contributed by atoms with Crippen LogP contribution in [0.1, 0.15) is 61.1 Å². The smallest absolute Gasteiger partial charge is 0.257 e. The van der Waals surface area contributed by atoms with Crippen molar-refractivity contribution in [3.63, 3.8) is 0 Å². The normalized spacial score (nSPS) is 15.7. The molecule has 2 aromatic rings. The first-order valence-electron chi connectivity index (χ1n) is 10.6. The summed E-state index contributed by atoms with van der Waals surface area (Å²) in [6, 6.07) is 15.6. The number of nitrogens with one attached hydrogen (secondary N) is 1. The van der Waals surface area contributed by atoms with E-state index in [2.05, 4.69) is 12.2 Å². The minimum absolute atomic E-state index is 0.00997. The number of fused-ring (bicyclic) bond motifs is 1. The lowest BCUT2D eigenvalue weighted by Crippen LogP contribution is -2.44. The fourth-order valence-electron chi connectivity index (χ4n) is 3.68. The highest BCUT2D eigenvalue weighted by Gasteiger charge is 2.33. The van der Waals surface area contributed by atoms with Gasteiger partial charge in [0.25, 0.3) is 5.91 Å². The fraction of sp³-hybridized carbons (Fsp3) is 0.458. The van der Waals surface area contributed by atoms with E-state index in [1.807, 2.05) is 53.4 Å². The minimum atomic E-state index is -0.288. The molecule has 1 unspecified atom stereocenters. The lowest BCUT2D eigenvalue weighted by molar-refractivity contribution is 0.0606. The molecule has 0 fully saturated rings. The predicted octanol–water partition coefficient (Wildman–Crippen LogP) is 5.25. The molecule has 0 radical (unpaired) electrons. The van der Waals surface area contributed by atoms with Crippen molar-refractivity contribution in [3.8, 4) is 5.75 Å². The predicted molar refractivity (Wildman–Crippen MR) is 116 cm³/mol. The van der Waals surface area contributed by atoms with Crippen molar-refractivity contribution in [2.75, 3.05) is 32.2 Å². The summed E-state index contributed by atoms with van der Waals surface area (Å²) in [7, 11) is 1.65. The third-order valence-corrected chi connectivity index (χ3v) is 5.28. The van der Waals surface area contributed by atoms with Crippen molar-refractivity contribution >= 4 is 11.6 Å². The van der Waals surface area contributed by atoms with Crippen LogP contribution >= 0.6 is 0 Å². The zero-order valence-electron chi connectivity index (χ0n) is 17.5. The Morgan fingerprint density at radius 2 is 1.72 bits per heavy atom. The van der Waals surface area contributed by atoms with Gasteiger partial charge in [0, 0.05) is 24.9 Å². The quantitative estimate of drug-likeness (QED) is 0.527. The maximum Gasteiger partial charge on any atom is 0.257 e. The summed E-state index contributed by atoms with van der Waals surface area (Å²) in [6.07, 6.45) is 5.71. The van der Waals surface area contributed by atoms with Gasteiger partial charge in [-0.25, -0.2) is 0 Å². The summed E-state index contributed by atoms with van der Waals surface area (Å²) in [5.74, 6) is 0.839. The summed E-state index contributed by atoms with van der Waals surface area (Å²) in [6.45, 7) is 3.90. The molecule has 0 aliphatic carbocycles. The van der Waals surface area contributed by atoms with Crippen LogP contribution in [0.2, 0.25) is 0 Å². The van der Waals surface area contributed by atoms with E-state index in [0.29, 0.717) is 25.3 Å². The number of rotatable bonds is 11. The van der Waals surface area contributed by atoms with Gasteiger partial charge in [0.05, 0.1) is 18.8 Å². The number of anilines is 1. The maximum absolute atomic E-state index is 13.2. The first-order valence-corrected chi connectivity index (χ1v) is 10.6. The molecule has 2 aromatic carbocycles. The van der Waals surface area contributed by atoms with Gasteiger partial charge in [-0.3, -0.25) is 4.79 Å². The number of unbranched alkanes of at least 4 members (excludes halogenated alkanes) is 4. The van der Waals surface area contributed by atoms with Gasteiger partial charge in [-0.15, -0.1) is 0 Å². The van der Waals surface area contributed by atoms with Crippen LogP contribution in [0.25, 0.3) is 0 Å². The van der Waals surface area contributed by atoms with Crippen LogP contribution in [0.4, 0.5) is 5.69 Å². The van der Waals surface area contributed by atoms with E-state index < -0.39 is 0 Å². The summed E-state index contributed by atoms with van der Waals surface area (Å²) in [4.78, 5) is 15.0. The molecule has 1 atom stereocenters. The third-order valence-electron chi connectivity index (χ3n) is 5.28. The Morgan fingerprint density at radius 1 is 0.966 bits per heavy atom. The van der Waals surface area contributed by atoms with E-state index in [1.165, 1.54) is 25.7 Å². The molecule has 0 aromatic heterocycles. The van der Waals surface area contributed by atoms with Gasteiger partial charge >= 0.3 is 0 Å². The highest BCUT2D eigenvalue weighted by Crippen LogP contribution is 2.36. The molecule has 5 nitrogen and oxygen atoms in total. The number of amides is 1. The maximum atomic E-state index is 13.2. The molecule has 29 heavy (non-hydrogen) atoms. The second-order valence-corrected chi connectivity index (χ2v) is 7.38. The molecular weight excluding hydrogens is 364 g/mol. The van der Waals surface area contributed by atoms with Crippen LogP contribution in [-0.4, -0.2) is 37.7 Å². The Balaban J connectivity index is 1.79. The zero-order chi connectivity index (χ0) is 20.5. The van der Waals surface area contributed by atoms with Crippen molar-refractivity contribution in [1.82, 2.24) is 4.90 Å². The molecule has 1 N–H and O–H groups in total. The Hall–Kier alpha value is -2.53. The van der Waals surface area contributed by atoms with Crippen LogP contribution in [0, 0.1) is 0 Å². The van der Waals surface area contributed by atoms with Gasteiger partial charge < -0.3 is 19.7 Å². The largest absolute Gasteiger partial charge is 0.493 e. The van der Waals surface area contributed by atoms with Crippen LogP contribution in [0.5, 0.6) is 5.75 Å². The molecule has 0 saturated carbocycles. The Bertz CT molecular complexity index is 793. The van der Waals surface area contributed by atoms with Gasteiger partial charge in [-0.1, -0.05) is 62.9 Å². The van der Waals surface area contributed by atoms with Gasteiger partial charge in [-0.2, -0.15) is 0 Å². The van der Waals surface area contributed by atoms with Crippen molar-refractivity contribution in [3.05, 3.63) is 59.7 Å². The fourth-order valence-corrected chi connectivity index (χ4v) is 3.68.